The number of aliphatic imine (C=N–C) groups is 1. The van der Waals surface area contributed by atoms with Gasteiger partial charge in [0.1, 0.15) is 28.8 Å². The highest BCUT2D eigenvalue weighted by Gasteiger charge is 2.27. The number of halogens is 2. The van der Waals surface area contributed by atoms with Crippen molar-refractivity contribution in [2.24, 2.45) is 10.7 Å². The van der Waals surface area contributed by atoms with Gasteiger partial charge in [0.25, 0.3) is 5.91 Å². The first kappa shape index (κ1) is 31.0. The summed E-state index contributed by atoms with van der Waals surface area (Å²) in [6.45, 7) is 8.27. The van der Waals surface area contributed by atoms with Crippen molar-refractivity contribution in [3.05, 3.63) is 83.1 Å². The Hall–Kier alpha value is -4.91. The van der Waals surface area contributed by atoms with Gasteiger partial charge in [-0.25, -0.2) is 13.8 Å². The van der Waals surface area contributed by atoms with Crippen LogP contribution in [0.4, 0.5) is 25.8 Å². The molecule has 228 valence electrons. The minimum absolute atomic E-state index is 0.0104. The number of amidine groups is 1. The summed E-state index contributed by atoms with van der Waals surface area (Å²) in [4.78, 5) is 33.5. The van der Waals surface area contributed by atoms with Gasteiger partial charge in [0.15, 0.2) is 11.6 Å². The van der Waals surface area contributed by atoms with Gasteiger partial charge in [-0.3, -0.25) is 9.59 Å². The molecule has 11 nitrogen and oxygen atoms in total. The molecule has 2 heterocycles. The molecule has 0 aromatic heterocycles. The van der Waals surface area contributed by atoms with Crippen molar-refractivity contribution >= 4 is 34.7 Å². The molecule has 43 heavy (non-hydrogen) atoms. The average Bonchev–Trinajstić information content (AvgIpc) is 3.56. The highest BCUT2D eigenvalue weighted by Crippen LogP contribution is 2.38. The van der Waals surface area contributed by atoms with Gasteiger partial charge in [0, 0.05) is 24.5 Å². The SMILES string of the molecule is C=C(/N=C1/NC=C/C1=C(/N)Nc1ccc(F)c(F)c1C(=O)NC(C)C)Nc1cc2c(cc1OC)CCN2C(=O)CN(C)C. The third-order valence-corrected chi connectivity index (χ3v) is 6.60. The van der Waals surface area contributed by atoms with Crippen LogP contribution in [0.5, 0.6) is 5.75 Å². The van der Waals surface area contributed by atoms with Crippen molar-refractivity contribution < 1.29 is 23.1 Å². The van der Waals surface area contributed by atoms with Crippen LogP contribution in [0.1, 0.15) is 29.8 Å². The van der Waals surface area contributed by atoms with Crippen molar-refractivity contribution in [1.82, 2.24) is 15.5 Å². The van der Waals surface area contributed by atoms with Gasteiger partial charge in [-0.2, -0.15) is 0 Å². The second-order valence-electron chi connectivity index (χ2n) is 10.6. The van der Waals surface area contributed by atoms with Crippen molar-refractivity contribution in [1.29, 1.82) is 0 Å². The maximum Gasteiger partial charge on any atom is 0.256 e. The predicted octanol–water partition coefficient (Wildman–Crippen LogP) is 3.24. The molecule has 2 aliphatic heterocycles. The summed E-state index contributed by atoms with van der Waals surface area (Å²) in [5.74, 6) is -2.13. The summed E-state index contributed by atoms with van der Waals surface area (Å²) >= 11 is 0. The van der Waals surface area contributed by atoms with E-state index in [1.807, 2.05) is 31.1 Å². The van der Waals surface area contributed by atoms with E-state index in [2.05, 4.69) is 32.8 Å². The first-order valence-electron chi connectivity index (χ1n) is 13.6. The molecular weight excluding hydrogens is 558 g/mol. The van der Waals surface area contributed by atoms with E-state index in [4.69, 9.17) is 10.5 Å². The lowest BCUT2D eigenvalue weighted by molar-refractivity contribution is -0.119. The van der Waals surface area contributed by atoms with Crippen LogP contribution in [0.25, 0.3) is 0 Å². The molecule has 0 unspecified atom stereocenters. The van der Waals surface area contributed by atoms with Crippen LogP contribution in [-0.4, -0.2) is 62.9 Å². The Balaban J connectivity index is 1.58. The Morgan fingerprint density at radius 3 is 2.63 bits per heavy atom. The number of nitrogens with two attached hydrogens (primary N) is 1. The molecule has 0 bridgehead atoms. The van der Waals surface area contributed by atoms with E-state index in [0.717, 1.165) is 17.3 Å². The summed E-state index contributed by atoms with van der Waals surface area (Å²) in [5.41, 5.74) is 8.53. The Kier molecular flexibility index (Phi) is 9.34. The van der Waals surface area contributed by atoms with E-state index in [-0.39, 0.29) is 35.8 Å². The van der Waals surface area contributed by atoms with Crippen LogP contribution < -0.4 is 36.6 Å². The van der Waals surface area contributed by atoms with Crippen molar-refractivity contribution in [3.63, 3.8) is 0 Å². The minimum atomic E-state index is -1.29. The van der Waals surface area contributed by atoms with E-state index in [1.165, 1.54) is 6.07 Å². The number of benzene rings is 2. The molecule has 13 heteroatoms. The fourth-order valence-corrected chi connectivity index (χ4v) is 4.71. The molecule has 2 aromatic rings. The average molecular weight is 595 g/mol. The zero-order valence-electron chi connectivity index (χ0n) is 24.8. The third-order valence-electron chi connectivity index (χ3n) is 6.60. The van der Waals surface area contributed by atoms with Gasteiger partial charge in [-0.05, 0) is 70.3 Å². The van der Waals surface area contributed by atoms with E-state index in [1.54, 1.807) is 38.1 Å². The van der Waals surface area contributed by atoms with Crippen LogP contribution in [0.15, 0.2) is 65.3 Å². The van der Waals surface area contributed by atoms with Gasteiger partial charge >= 0.3 is 0 Å². The van der Waals surface area contributed by atoms with Crippen LogP contribution in [0.2, 0.25) is 0 Å². The van der Waals surface area contributed by atoms with E-state index in [9.17, 15) is 18.4 Å². The lowest BCUT2D eigenvalue weighted by Gasteiger charge is -2.21. The van der Waals surface area contributed by atoms with Gasteiger partial charge in [-0.15, -0.1) is 0 Å². The van der Waals surface area contributed by atoms with Gasteiger partial charge < -0.3 is 41.5 Å². The number of ether oxygens (including phenoxy) is 1. The predicted molar refractivity (Wildman–Crippen MR) is 164 cm³/mol. The number of hydrogen-bond donors (Lipinski definition) is 5. The normalized spacial score (nSPS) is 15.9. The molecule has 0 atom stereocenters. The first-order chi connectivity index (χ1) is 20.4. The Bertz CT molecular complexity index is 1550. The first-order valence-corrected chi connectivity index (χ1v) is 13.6. The number of anilines is 3. The summed E-state index contributed by atoms with van der Waals surface area (Å²) < 4.78 is 34.3. The topological polar surface area (TPSA) is 136 Å². The number of amides is 2. The highest BCUT2D eigenvalue weighted by atomic mass is 19.2. The maximum atomic E-state index is 14.7. The molecule has 0 saturated carbocycles. The molecule has 0 saturated heterocycles. The Morgan fingerprint density at radius 2 is 1.95 bits per heavy atom. The Morgan fingerprint density at radius 1 is 1.21 bits per heavy atom. The van der Waals surface area contributed by atoms with Crippen LogP contribution >= 0.6 is 0 Å². The Labute approximate surface area is 249 Å². The number of nitrogens with one attached hydrogen (secondary N) is 4. The smallest absolute Gasteiger partial charge is 0.256 e. The number of hydrogen-bond acceptors (Lipinski definition) is 8. The molecule has 0 radical (unpaired) electrons. The fourth-order valence-electron chi connectivity index (χ4n) is 4.71. The number of carbonyl (C=O) groups is 2. The summed E-state index contributed by atoms with van der Waals surface area (Å²) in [7, 11) is 5.24. The number of methoxy groups -OCH3 is 1. The molecule has 6 N–H and O–H groups in total. The van der Waals surface area contributed by atoms with Crippen molar-refractivity contribution in [3.8, 4) is 5.75 Å². The van der Waals surface area contributed by atoms with Crippen LogP contribution in [0.3, 0.4) is 0 Å². The molecule has 0 spiro atoms. The number of fused-ring (bicyclic) bond motifs is 1. The van der Waals surface area contributed by atoms with E-state index in [0.29, 0.717) is 35.8 Å². The summed E-state index contributed by atoms with van der Waals surface area (Å²) in [6.07, 6.45) is 3.94. The third kappa shape index (κ3) is 6.95. The van der Waals surface area contributed by atoms with E-state index >= 15 is 0 Å². The molecule has 2 aliphatic rings. The fraction of sp³-hybridized carbons (Fsp3) is 0.300. The molecular formula is C30H36F2N8O3. The molecule has 0 aliphatic carbocycles. The standard InChI is InChI=1S/C30H36F2N8O3/c1-16(2)35-30(42)26-21(8-7-20(31)27(26)32)38-28(33)19-9-11-34-29(19)37-17(3)36-22-14-23-18(13-24(22)43-6)10-12-40(23)25(41)15-39(4)5/h7-9,11,13-14,16,36,38H,3,10,12,15,33H2,1-2,4-6H3,(H,34,37)(H,35,42)/b28-19+. The number of rotatable bonds is 10. The number of nitrogens with zero attached hydrogens (tertiary/aromatic N) is 3. The number of likely N-dealkylation sites (N-methyl/N-ethyl adjacent to an activating group) is 1. The largest absolute Gasteiger partial charge is 0.495 e. The van der Waals surface area contributed by atoms with Crippen molar-refractivity contribution in [2.45, 2.75) is 26.3 Å². The van der Waals surface area contributed by atoms with E-state index < -0.39 is 23.1 Å². The van der Waals surface area contributed by atoms with Crippen molar-refractivity contribution in [2.75, 3.05) is 49.8 Å². The zero-order chi connectivity index (χ0) is 31.4. The lowest BCUT2D eigenvalue weighted by atomic mass is 10.1. The van der Waals surface area contributed by atoms with Gasteiger partial charge in [0.05, 0.1) is 30.6 Å². The monoisotopic (exact) mass is 594 g/mol. The molecule has 0 fully saturated rings. The lowest BCUT2D eigenvalue weighted by Crippen LogP contribution is -2.36. The van der Waals surface area contributed by atoms with Gasteiger partial charge in [0.2, 0.25) is 5.91 Å². The zero-order valence-corrected chi connectivity index (χ0v) is 24.8. The minimum Gasteiger partial charge on any atom is -0.495 e. The molecule has 4 rings (SSSR count). The highest BCUT2D eigenvalue weighted by molar-refractivity contribution is 6.06. The number of carbonyl (C=O) groups excluding carboxylic acids is 2. The van der Waals surface area contributed by atoms with Gasteiger partial charge in [-0.1, -0.05) is 6.58 Å². The maximum absolute atomic E-state index is 14.7. The van der Waals surface area contributed by atoms with Crippen LogP contribution in [0, 0.1) is 11.6 Å². The summed E-state index contributed by atoms with van der Waals surface area (Å²) in [6, 6.07) is 5.56. The second-order valence-corrected chi connectivity index (χ2v) is 10.6. The van der Waals surface area contributed by atoms with Crippen LogP contribution in [-0.2, 0) is 11.2 Å². The quantitative estimate of drug-likeness (QED) is 0.283. The summed E-state index contributed by atoms with van der Waals surface area (Å²) in [5, 5.41) is 11.5. The molecule has 2 aromatic carbocycles. The molecule has 2 amide bonds. The second kappa shape index (κ2) is 12.9.